The number of methoxy groups -OCH3 is 1. The van der Waals surface area contributed by atoms with Gasteiger partial charge in [0.25, 0.3) is 5.91 Å². The molecular weight excluding hydrogens is 578 g/mol. The number of amides is 3. The molecule has 1 aliphatic rings. The third-order valence-corrected chi connectivity index (χ3v) is 8.25. The molecule has 2 atom stereocenters. The quantitative estimate of drug-likeness (QED) is 0.101. The Morgan fingerprint density at radius 2 is 1.80 bits per heavy atom. The van der Waals surface area contributed by atoms with Crippen LogP contribution in [-0.2, 0) is 19.0 Å². The van der Waals surface area contributed by atoms with E-state index in [1.807, 2.05) is 51.1 Å². The van der Waals surface area contributed by atoms with E-state index in [4.69, 9.17) is 19.9 Å². The zero-order valence-corrected chi connectivity index (χ0v) is 26.9. The summed E-state index contributed by atoms with van der Waals surface area (Å²) < 4.78 is 15.9. The van der Waals surface area contributed by atoms with E-state index in [1.54, 1.807) is 13.2 Å². The third kappa shape index (κ3) is 10.1. The van der Waals surface area contributed by atoms with Crippen molar-refractivity contribution in [2.24, 2.45) is 5.73 Å². The van der Waals surface area contributed by atoms with Crippen molar-refractivity contribution in [3.8, 4) is 11.1 Å². The third-order valence-electron chi connectivity index (χ3n) is 8.25. The van der Waals surface area contributed by atoms with E-state index in [1.165, 1.54) is 0 Å². The number of carbonyl (C=O) groups is 3. The molecule has 0 saturated carbocycles. The Hall–Kier alpha value is -3.71. The molecule has 0 spiro atoms. The number of rotatable bonds is 19. The first-order chi connectivity index (χ1) is 21.7. The van der Waals surface area contributed by atoms with Crippen molar-refractivity contribution < 1.29 is 33.7 Å². The fourth-order valence-electron chi connectivity index (χ4n) is 5.25. The van der Waals surface area contributed by atoms with Gasteiger partial charge in [-0.05, 0) is 73.1 Å². The molecule has 45 heavy (non-hydrogen) atoms. The standard InChI is InChI=1S/C33H49N5O7/c1-5-33(3,6-2)38-32(42)45-20-27-23-9-7-10-25(31(41)36-15-17-43-4)30(23)24-14-13-22(19-26(24)27)37-29(40)12-8-11-28(39)35-16-18-44-21-34/h7,9-10,13-14,19,27,29,37,40H,5-6,8,11-12,15-18,20-21,34H2,1-4H3,(H,35,39)(H,36,41)(H,38,42). The number of hydrogen-bond acceptors (Lipinski definition) is 9. The van der Waals surface area contributed by atoms with Gasteiger partial charge in [-0.1, -0.05) is 32.0 Å². The number of benzene rings is 2. The summed E-state index contributed by atoms with van der Waals surface area (Å²) in [7, 11) is 1.58. The molecule has 12 heteroatoms. The van der Waals surface area contributed by atoms with Crippen molar-refractivity contribution in [2.45, 2.75) is 70.6 Å². The molecule has 0 aliphatic heterocycles. The minimum Gasteiger partial charge on any atom is -0.449 e. The summed E-state index contributed by atoms with van der Waals surface area (Å²) in [6, 6.07) is 11.2. The molecule has 248 valence electrons. The van der Waals surface area contributed by atoms with E-state index in [-0.39, 0.29) is 43.0 Å². The summed E-state index contributed by atoms with van der Waals surface area (Å²) in [5, 5.41) is 22.4. The first kappa shape index (κ1) is 35.8. The lowest BCUT2D eigenvalue weighted by Crippen LogP contribution is -2.45. The Balaban J connectivity index is 1.77. The van der Waals surface area contributed by atoms with Gasteiger partial charge in [-0.2, -0.15) is 0 Å². The van der Waals surface area contributed by atoms with Gasteiger partial charge in [0.2, 0.25) is 5.91 Å². The summed E-state index contributed by atoms with van der Waals surface area (Å²) in [6.45, 7) is 7.69. The van der Waals surface area contributed by atoms with E-state index < -0.39 is 12.3 Å². The maximum atomic E-state index is 13.2. The highest BCUT2D eigenvalue weighted by molar-refractivity contribution is 6.03. The largest absolute Gasteiger partial charge is 0.449 e. The van der Waals surface area contributed by atoms with Crippen LogP contribution < -0.4 is 27.0 Å². The number of ether oxygens (including phenoxy) is 3. The number of fused-ring (bicyclic) bond motifs is 3. The van der Waals surface area contributed by atoms with Crippen LogP contribution in [0, 0.1) is 0 Å². The molecule has 3 rings (SSSR count). The van der Waals surface area contributed by atoms with Crippen molar-refractivity contribution >= 4 is 23.6 Å². The van der Waals surface area contributed by atoms with Gasteiger partial charge in [-0.25, -0.2) is 4.79 Å². The molecule has 1 aliphatic carbocycles. The molecule has 2 aromatic carbocycles. The monoisotopic (exact) mass is 627 g/mol. The number of aliphatic hydroxyl groups excluding tert-OH is 1. The van der Waals surface area contributed by atoms with Gasteiger partial charge < -0.3 is 46.3 Å². The molecule has 3 amide bonds. The van der Waals surface area contributed by atoms with Crippen LogP contribution in [0.15, 0.2) is 36.4 Å². The number of hydrogen-bond donors (Lipinski definition) is 6. The van der Waals surface area contributed by atoms with Crippen LogP contribution in [0.3, 0.4) is 0 Å². The number of aliphatic hydroxyl groups is 1. The molecule has 0 bridgehead atoms. The zero-order chi connectivity index (χ0) is 32.8. The molecular formula is C33H49N5O7. The number of nitrogens with two attached hydrogens (primary N) is 1. The minimum atomic E-state index is -0.886. The average molecular weight is 628 g/mol. The van der Waals surface area contributed by atoms with Crippen LogP contribution in [0.4, 0.5) is 10.5 Å². The summed E-state index contributed by atoms with van der Waals surface area (Å²) >= 11 is 0. The summed E-state index contributed by atoms with van der Waals surface area (Å²) in [4.78, 5) is 38.0. The van der Waals surface area contributed by atoms with Crippen LogP contribution in [0.2, 0.25) is 0 Å². The van der Waals surface area contributed by atoms with Crippen molar-refractivity contribution in [3.05, 3.63) is 53.1 Å². The number of anilines is 1. The van der Waals surface area contributed by atoms with E-state index in [0.29, 0.717) is 50.4 Å². The van der Waals surface area contributed by atoms with E-state index >= 15 is 0 Å². The topological polar surface area (TPSA) is 173 Å². The van der Waals surface area contributed by atoms with Crippen LogP contribution in [0.5, 0.6) is 0 Å². The van der Waals surface area contributed by atoms with Crippen LogP contribution in [0.1, 0.15) is 80.3 Å². The summed E-state index contributed by atoms with van der Waals surface area (Å²) in [5.74, 6) is -0.664. The normalized spacial score (nSPS) is 14.2. The second-order valence-electron chi connectivity index (χ2n) is 11.3. The van der Waals surface area contributed by atoms with Gasteiger partial charge in [-0.15, -0.1) is 0 Å². The van der Waals surface area contributed by atoms with Gasteiger partial charge in [0.15, 0.2) is 0 Å². The lowest BCUT2D eigenvalue weighted by Gasteiger charge is -2.28. The highest BCUT2D eigenvalue weighted by atomic mass is 16.5. The molecule has 12 nitrogen and oxygen atoms in total. The maximum Gasteiger partial charge on any atom is 0.407 e. The van der Waals surface area contributed by atoms with Gasteiger partial charge >= 0.3 is 6.09 Å². The Morgan fingerprint density at radius 1 is 1.04 bits per heavy atom. The zero-order valence-electron chi connectivity index (χ0n) is 26.9. The fraction of sp³-hybridized carbons (Fsp3) is 0.545. The number of nitrogens with one attached hydrogen (secondary N) is 4. The van der Waals surface area contributed by atoms with E-state index in [0.717, 1.165) is 35.1 Å². The summed E-state index contributed by atoms with van der Waals surface area (Å²) in [6.07, 6.45) is 1.26. The van der Waals surface area contributed by atoms with E-state index in [9.17, 15) is 19.5 Å². The Morgan fingerprint density at radius 3 is 2.51 bits per heavy atom. The average Bonchev–Trinajstić information content (AvgIpc) is 3.34. The maximum absolute atomic E-state index is 13.2. The molecule has 0 fully saturated rings. The lowest BCUT2D eigenvalue weighted by atomic mass is 9.96. The first-order valence-corrected chi connectivity index (χ1v) is 15.6. The van der Waals surface area contributed by atoms with Gasteiger partial charge in [0, 0.05) is 49.3 Å². The predicted molar refractivity (Wildman–Crippen MR) is 173 cm³/mol. The predicted octanol–water partition coefficient (Wildman–Crippen LogP) is 3.43. The molecule has 2 unspecified atom stereocenters. The van der Waals surface area contributed by atoms with Gasteiger partial charge in [0.1, 0.15) is 12.8 Å². The fourth-order valence-corrected chi connectivity index (χ4v) is 5.25. The molecule has 0 aromatic heterocycles. The van der Waals surface area contributed by atoms with Crippen molar-refractivity contribution in [3.63, 3.8) is 0 Å². The SMILES string of the molecule is CCC(C)(CC)NC(=O)OCC1c2cc(NC(O)CCCC(=O)NCCOCN)ccc2-c2c(C(=O)NCCOC)cccc21. The molecule has 0 heterocycles. The van der Waals surface area contributed by atoms with Crippen molar-refractivity contribution in [1.82, 2.24) is 16.0 Å². The lowest BCUT2D eigenvalue weighted by molar-refractivity contribution is -0.121. The second-order valence-corrected chi connectivity index (χ2v) is 11.3. The first-order valence-electron chi connectivity index (χ1n) is 15.6. The van der Waals surface area contributed by atoms with Crippen LogP contribution in [0.25, 0.3) is 11.1 Å². The van der Waals surface area contributed by atoms with Crippen molar-refractivity contribution in [2.75, 3.05) is 52.1 Å². The Kier molecular flexibility index (Phi) is 14.1. The Bertz CT molecular complexity index is 1280. The minimum absolute atomic E-state index is 0.0710. The second kappa shape index (κ2) is 17.7. The summed E-state index contributed by atoms with van der Waals surface area (Å²) in [5.41, 5.74) is 9.49. The van der Waals surface area contributed by atoms with Crippen molar-refractivity contribution in [1.29, 1.82) is 0 Å². The van der Waals surface area contributed by atoms with Gasteiger partial charge in [0.05, 0.1) is 19.9 Å². The Labute approximate surface area is 265 Å². The highest BCUT2D eigenvalue weighted by Gasteiger charge is 2.34. The molecule has 2 aromatic rings. The molecule has 0 saturated heterocycles. The van der Waals surface area contributed by atoms with Crippen LogP contribution in [-0.4, -0.2) is 81.5 Å². The number of carbonyl (C=O) groups excluding carboxylic acids is 3. The smallest absolute Gasteiger partial charge is 0.407 e. The van der Waals surface area contributed by atoms with Gasteiger partial charge in [-0.3, -0.25) is 9.59 Å². The molecule has 7 N–H and O–H groups in total. The molecule has 0 radical (unpaired) electrons. The number of alkyl carbamates (subject to hydrolysis) is 1. The van der Waals surface area contributed by atoms with E-state index in [2.05, 4.69) is 21.3 Å². The highest BCUT2D eigenvalue weighted by Crippen LogP contribution is 2.47. The van der Waals surface area contributed by atoms with Crippen LogP contribution >= 0.6 is 0 Å².